The van der Waals surface area contributed by atoms with E-state index in [-0.39, 0.29) is 16.3 Å². The van der Waals surface area contributed by atoms with E-state index >= 15 is 0 Å². The molecule has 8 nitrogen and oxygen atoms in total. The van der Waals surface area contributed by atoms with Crippen molar-refractivity contribution in [2.45, 2.75) is 16.3 Å². The number of hydrogen-bond acceptors (Lipinski definition) is 5. The molecule has 0 unspecified atom stereocenters. The van der Waals surface area contributed by atoms with Gasteiger partial charge in [-0.15, -0.1) is 0 Å². The maximum absolute atomic E-state index is 12.6. The van der Waals surface area contributed by atoms with Crippen molar-refractivity contribution >= 4 is 26.0 Å². The number of benzene rings is 2. The smallest absolute Gasteiger partial charge is 0.248 e. The van der Waals surface area contributed by atoms with Crippen LogP contribution in [0.25, 0.3) is 0 Å². The fourth-order valence-electron chi connectivity index (χ4n) is 2.11. The van der Waals surface area contributed by atoms with Crippen molar-refractivity contribution in [3.63, 3.8) is 0 Å². The second-order valence-corrected chi connectivity index (χ2v) is 8.95. The van der Waals surface area contributed by atoms with Gasteiger partial charge in [-0.25, -0.2) is 22.0 Å². The highest BCUT2D eigenvalue weighted by atomic mass is 32.2. The molecule has 134 valence electrons. The lowest BCUT2D eigenvalue weighted by atomic mass is 10.1. The van der Waals surface area contributed by atoms with E-state index < -0.39 is 26.0 Å². The lowest BCUT2D eigenvalue weighted by Gasteiger charge is -2.18. The molecule has 1 amide bonds. The zero-order valence-corrected chi connectivity index (χ0v) is 14.9. The third-order valence-corrected chi connectivity index (χ3v) is 6.20. The van der Waals surface area contributed by atoms with Crippen molar-refractivity contribution in [2.24, 2.45) is 10.9 Å². The van der Waals surface area contributed by atoms with Crippen LogP contribution in [0.15, 0.2) is 58.3 Å². The molecule has 4 N–H and O–H groups in total. The van der Waals surface area contributed by atoms with Crippen molar-refractivity contribution in [2.75, 3.05) is 7.05 Å². The summed E-state index contributed by atoms with van der Waals surface area (Å²) in [7, 11) is -6.57. The van der Waals surface area contributed by atoms with E-state index in [9.17, 15) is 21.6 Å². The Morgan fingerprint density at radius 1 is 1.00 bits per heavy atom. The summed E-state index contributed by atoms with van der Waals surface area (Å²) in [6.07, 6.45) is 0. The Morgan fingerprint density at radius 3 is 2.08 bits per heavy atom. The van der Waals surface area contributed by atoms with Crippen LogP contribution in [-0.4, -0.2) is 34.1 Å². The molecule has 0 saturated carbocycles. The van der Waals surface area contributed by atoms with Gasteiger partial charge in [0.25, 0.3) is 0 Å². The van der Waals surface area contributed by atoms with Crippen LogP contribution < -0.4 is 10.9 Å². The number of rotatable bonds is 6. The van der Waals surface area contributed by atoms with E-state index in [1.807, 2.05) is 0 Å². The molecule has 0 radical (unpaired) electrons. The van der Waals surface area contributed by atoms with E-state index in [2.05, 4.69) is 0 Å². The number of nitrogens with two attached hydrogens (primary N) is 2. The Hall–Kier alpha value is -2.27. The van der Waals surface area contributed by atoms with E-state index in [1.54, 1.807) is 12.1 Å². The lowest BCUT2D eigenvalue weighted by molar-refractivity contribution is 0.1000. The standard InChI is InChI=1S/C15H17N3O5S2/c1-18(10-11-5-7-12(8-6-11)15(16)19)25(22,23)14-4-2-3-13(9-14)24(17,20)21/h2-9H,10H2,1H3,(H2,16,19)(H2,17,20,21). The predicted octanol–water partition coefficient (Wildman–Crippen LogP) is 0.254. The molecule has 0 saturated heterocycles. The summed E-state index contributed by atoms with van der Waals surface area (Å²) in [6, 6.07) is 11.0. The minimum absolute atomic E-state index is 0.0287. The average molecular weight is 383 g/mol. The number of primary sulfonamides is 1. The van der Waals surface area contributed by atoms with Crippen LogP contribution >= 0.6 is 0 Å². The predicted molar refractivity (Wildman–Crippen MR) is 91.4 cm³/mol. The number of sulfonamides is 2. The third-order valence-electron chi connectivity index (χ3n) is 3.49. The van der Waals surface area contributed by atoms with Gasteiger partial charge in [0.05, 0.1) is 9.79 Å². The summed E-state index contributed by atoms with van der Waals surface area (Å²) in [4.78, 5) is 10.6. The molecule has 0 aliphatic rings. The Balaban J connectivity index is 2.28. The van der Waals surface area contributed by atoms with Crippen LogP contribution in [0.5, 0.6) is 0 Å². The second-order valence-electron chi connectivity index (χ2n) is 5.34. The van der Waals surface area contributed by atoms with Gasteiger partial charge >= 0.3 is 0 Å². The summed E-state index contributed by atoms with van der Waals surface area (Å²) < 4.78 is 49.1. The number of carbonyl (C=O) groups excluding carboxylic acids is 1. The number of primary amides is 1. The number of carbonyl (C=O) groups is 1. The summed E-state index contributed by atoms with van der Waals surface area (Å²) >= 11 is 0. The highest BCUT2D eigenvalue weighted by molar-refractivity contribution is 7.90. The van der Waals surface area contributed by atoms with Gasteiger partial charge in [0.1, 0.15) is 0 Å². The number of hydrogen-bond donors (Lipinski definition) is 2. The van der Waals surface area contributed by atoms with Crippen molar-refractivity contribution in [1.29, 1.82) is 0 Å². The average Bonchev–Trinajstić information content (AvgIpc) is 2.54. The fraction of sp³-hybridized carbons (Fsp3) is 0.133. The minimum atomic E-state index is -4.01. The highest BCUT2D eigenvalue weighted by Gasteiger charge is 2.22. The largest absolute Gasteiger partial charge is 0.366 e. The normalized spacial score (nSPS) is 12.3. The number of amides is 1. The quantitative estimate of drug-likeness (QED) is 0.736. The zero-order chi connectivity index (χ0) is 18.8. The molecular weight excluding hydrogens is 366 g/mol. The van der Waals surface area contributed by atoms with Crippen LogP contribution in [0.1, 0.15) is 15.9 Å². The first kappa shape index (κ1) is 19.1. The maximum atomic E-state index is 12.6. The van der Waals surface area contributed by atoms with Crippen LogP contribution in [-0.2, 0) is 26.6 Å². The molecule has 0 bridgehead atoms. The molecule has 2 aromatic carbocycles. The first-order valence-corrected chi connectivity index (χ1v) is 9.98. The molecule has 0 aromatic heterocycles. The van der Waals surface area contributed by atoms with Gasteiger partial charge in [0, 0.05) is 19.2 Å². The minimum Gasteiger partial charge on any atom is -0.366 e. The van der Waals surface area contributed by atoms with Gasteiger partial charge in [-0.3, -0.25) is 4.79 Å². The van der Waals surface area contributed by atoms with Gasteiger partial charge in [-0.1, -0.05) is 18.2 Å². The van der Waals surface area contributed by atoms with Crippen molar-refractivity contribution in [1.82, 2.24) is 4.31 Å². The molecule has 0 heterocycles. The van der Waals surface area contributed by atoms with Crippen LogP contribution in [0.3, 0.4) is 0 Å². The second kappa shape index (κ2) is 6.92. The van der Waals surface area contributed by atoms with Crippen LogP contribution in [0.4, 0.5) is 0 Å². The van der Waals surface area contributed by atoms with Crippen molar-refractivity contribution in [3.8, 4) is 0 Å². The molecule has 0 spiro atoms. The fourth-order valence-corrected chi connectivity index (χ4v) is 3.95. The third kappa shape index (κ3) is 4.42. The van der Waals surface area contributed by atoms with E-state index in [0.29, 0.717) is 11.1 Å². The number of nitrogens with zero attached hydrogens (tertiary/aromatic N) is 1. The van der Waals surface area contributed by atoms with E-state index in [0.717, 1.165) is 10.4 Å². The van der Waals surface area contributed by atoms with Crippen molar-refractivity contribution < 1.29 is 21.6 Å². The Kier molecular flexibility index (Phi) is 5.28. The topological polar surface area (TPSA) is 141 Å². The molecular formula is C15H17N3O5S2. The summed E-state index contributed by atoms with van der Waals surface area (Å²) in [5.74, 6) is -0.577. The Labute approximate surface area is 146 Å². The summed E-state index contributed by atoms with van der Waals surface area (Å²) in [5.41, 5.74) is 6.11. The first-order chi connectivity index (χ1) is 11.5. The van der Waals surface area contributed by atoms with E-state index in [4.69, 9.17) is 10.9 Å². The van der Waals surface area contributed by atoms with Crippen LogP contribution in [0, 0.1) is 0 Å². The van der Waals surface area contributed by atoms with Gasteiger partial charge < -0.3 is 5.73 Å². The lowest BCUT2D eigenvalue weighted by Crippen LogP contribution is -2.27. The maximum Gasteiger partial charge on any atom is 0.248 e. The molecule has 0 fully saturated rings. The SMILES string of the molecule is CN(Cc1ccc(C(N)=O)cc1)S(=O)(=O)c1cccc(S(N)(=O)=O)c1. The van der Waals surface area contributed by atoms with E-state index in [1.165, 1.54) is 37.4 Å². The Morgan fingerprint density at radius 2 is 1.56 bits per heavy atom. The molecule has 0 aliphatic carbocycles. The monoisotopic (exact) mass is 383 g/mol. The van der Waals surface area contributed by atoms with Gasteiger partial charge in [0.15, 0.2) is 0 Å². The molecule has 0 atom stereocenters. The molecule has 10 heteroatoms. The zero-order valence-electron chi connectivity index (χ0n) is 13.3. The molecule has 2 rings (SSSR count). The van der Waals surface area contributed by atoms with Gasteiger partial charge in [0.2, 0.25) is 26.0 Å². The molecule has 2 aromatic rings. The van der Waals surface area contributed by atoms with Gasteiger partial charge in [-0.2, -0.15) is 4.31 Å². The highest BCUT2D eigenvalue weighted by Crippen LogP contribution is 2.20. The first-order valence-electron chi connectivity index (χ1n) is 7.00. The van der Waals surface area contributed by atoms with Crippen LogP contribution in [0.2, 0.25) is 0 Å². The van der Waals surface area contributed by atoms with Crippen molar-refractivity contribution in [3.05, 3.63) is 59.7 Å². The Bertz CT molecular complexity index is 1000. The summed E-state index contributed by atoms with van der Waals surface area (Å²) in [5, 5.41) is 5.03. The van der Waals surface area contributed by atoms with Gasteiger partial charge in [-0.05, 0) is 35.9 Å². The molecule has 0 aliphatic heterocycles. The molecule has 25 heavy (non-hydrogen) atoms. The summed E-state index contributed by atoms with van der Waals surface area (Å²) in [6.45, 7) is 0.0287.